The van der Waals surface area contributed by atoms with Crippen molar-refractivity contribution in [3.8, 4) is 0 Å². The Balaban J connectivity index is 1.55. The molecular weight excluding hydrogens is 340 g/mol. The van der Waals surface area contributed by atoms with Gasteiger partial charge in [0.15, 0.2) is 0 Å². The number of amides is 2. The molecule has 0 saturated heterocycles. The van der Waals surface area contributed by atoms with Crippen LogP contribution in [0.25, 0.3) is 0 Å². The Kier molecular flexibility index (Phi) is 5.64. The van der Waals surface area contributed by atoms with Crippen molar-refractivity contribution in [3.63, 3.8) is 0 Å². The highest BCUT2D eigenvalue weighted by Crippen LogP contribution is 2.31. The molecule has 1 aliphatic carbocycles. The number of carbonyl (C=O) groups excluding carboxylic acids is 2. The van der Waals surface area contributed by atoms with E-state index in [2.05, 4.69) is 26.2 Å². The number of hydrogen-bond acceptors (Lipinski definition) is 6. The van der Waals surface area contributed by atoms with E-state index in [-0.39, 0.29) is 17.6 Å². The van der Waals surface area contributed by atoms with Gasteiger partial charge in [-0.05, 0) is 41.5 Å². The summed E-state index contributed by atoms with van der Waals surface area (Å²) in [6, 6.07) is 7.37. The number of nitrogens with zero attached hydrogens (tertiary/aromatic N) is 4. The number of tetrazole rings is 1. The average Bonchev–Trinajstić information content (AvgIpc) is 3.23. The summed E-state index contributed by atoms with van der Waals surface area (Å²) in [5.41, 5.74) is 1.27. The van der Waals surface area contributed by atoms with Gasteiger partial charge in [0.2, 0.25) is 17.0 Å². The minimum atomic E-state index is -0.155. The molecule has 0 bridgehead atoms. The number of aromatic nitrogens is 4. The van der Waals surface area contributed by atoms with E-state index in [0.29, 0.717) is 22.6 Å². The summed E-state index contributed by atoms with van der Waals surface area (Å²) in [5.74, 6) is -0.0824. The summed E-state index contributed by atoms with van der Waals surface area (Å²) >= 11 is 1.33. The molecule has 0 spiro atoms. The van der Waals surface area contributed by atoms with Crippen molar-refractivity contribution < 1.29 is 9.59 Å². The lowest BCUT2D eigenvalue weighted by Gasteiger charge is -2.11. The normalized spacial score (nSPS) is 14.4. The molecule has 1 aliphatic rings. The van der Waals surface area contributed by atoms with Crippen LogP contribution in [0.15, 0.2) is 29.4 Å². The molecule has 1 saturated carbocycles. The van der Waals surface area contributed by atoms with Crippen molar-refractivity contribution in [1.82, 2.24) is 20.2 Å². The van der Waals surface area contributed by atoms with Crippen molar-refractivity contribution in [2.75, 3.05) is 16.4 Å². The molecule has 1 aromatic heterocycles. The molecule has 25 heavy (non-hydrogen) atoms. The minimum absolute atomic E-state index is 0.147. The lowest BCUT2D eigenvalue weighted by atomic mass is 10.2. The van der Waals surface area contributed by atoms with Crippen LogP contribution in [0.1, 0.15) is 38.6 Å². The largest absolute Gasteiger partial charge is 0.326 e. The van der Waals surface area contributed by atoms with Gasteiger partial charge < -0.3 is 10.6 Å². The van der Waals surface area contributed by atoms with Gasteiger partial charge in [0.1, 0.15) is 0 Å². The molecule has 8 nitrogen and oxygen atoms in total. The second-order valence-corrected chi connectivity index (χ2v) is 6.89. The van der Waals surface area contributed by atoms with Crippen LogP contribution in [-0.2, 0) is 9.59 Å². The highest BCUT2D eigenvalue weighted by molar-refractivity contribution is 7.99. The van der Waals surface area contributed by atoms with Crippen LogP contribution in [0.5, 0.6) is 0 Å². The standard InChI is InChI=1S/C16H20N6O2S/c1-11(23)17-12-5-4-6-13(9-12)18-15(24)10-25-16-19-20-21-22(16)14-7-2-3-8-14/h4-6,9,14H,2-3,7-8,10H2,1H3,(H,17,23)(H,18,24). The number of anilines is 2. The smallest absolute Gasteiger partial charge is 0.234 e. The van der Waals surface area contributed by atoms with Gasteiger partial charge in [-0.1, -0.05) is 30.7 Å². The van der Waals surface area contributed by atoms with Crippen LogP contribution in [0.3, 0.4) is 0 Å². The molecule has 3 rings (SSSR count). The second-order valence-electron chi connectivity index (χ2n) is 5.94. The molecule has 0 radical (unpaired) electrons. The number of nitrogens with one attached hydrogen (secondary N) is 2. The van der Waals surface area contributed by atoms with E-state index in [9.17, 15) is 9.59 Å². The lowest BCUT2D eigenvalue weighted by Crippen LogP contribution is -2.16. The summed E-state index contributed by atoms with van der Waals surface area (Å²) in [6.45, 7) is 1.44. The zero-order valence-corrected chi connectivity index (χ0v) is 14.8. The van der Waals surface area contributed by atoms with Gasteiger partial charge in [-0.2, -0.15) is 0 Å². The maximum Gasteiger partial charge on any atom is 0.234 e. The lowest BCUT2D eigenvalue weighted by molar-refractivity contribution is -0.114. The summed E-state index contributed by atoms with van der Waals surface area (Å²) < 4.78 is 1.84. The predicted molar refractivity (Wildman–Crippen MR) is 95.4 cm³/mol. The molecule has 132 valence electrons. The van der Waals surface area contributed by atoms with Gasteiger partial charge >= 0.3 is 0 Å². The minimum Gasteiger partial charge on any atom is -0.326 e. The maximum atomic E-state index is 12.2. The van der Waals surface area contributed by atoms with Crippen LogP contribution >= 0.6 is 11.8 Å². The maximum absolute atomic E-state index is 12.2. The van der Waals surface area contributed by atoms with E-state index < -0.39 is 0 Å². The molecule has 1 aromatic carbocycles. The molecule has 2 amide bonds. The zero-order valence-electron chi connectivity index (χ0n) is 13.9. The third-order valence-electron chi connectivity index (χ3n) is 3.93. The Morgan fingerprint density at radius 3 is 2.68 bits per heavy atom. The van der Waals surface area contributed by atoms with Crippen LogP contribution in [0, 0.1) is 0 Å². The first-order chi connectivity index (χ1) is 12.1. The number of carbonyl (C=O) groups is 2. The van der Waals surface area contributed by atoms with E-state index in [1.165, 1.54) is 31.5 Å². The Bertz CT molecular complexity index is 757. The fourth-order valence-electron chi connectivity index (χ4n) is 2.86. The van der Waals surface area contributed by atoms with Gasteiger partial charge in [0.05, 0.1) is 11.8 Å². The third kappa shape index (κ3) is 4.79. The second kappa shape index (κ2) is 8.11. The van der Waals surface area contributed by atoms with Crippen molar-refractivity contribution in [1.29, 1.82) is 0 Å². The first-order valence-corrected chi connectivity index (χ1v) is 9.18. The molecule has 1 heterocycles. The van der Waals surface area contributed by atoms with Crippen molar-refractivity contribution in [2.24, 2.45) is 0 Å². The highest BCUT2D eigenvalue weighted by Gasteiger charge is 2.22. The van der Waals surface area contributed by atoms with Crippen molar-refractivity contribution in [2.45, 2.75) is 43.8 Å². The fourth-order valence-corrected chi connectivity index (χ4v) is 3.61. The first-order valence-electron chi connectivity index (χ1n) is 8.20. The topological polar surface area (TPSA) is 102 Å². The van der Waals surface area contributed by atoms with Crippen molar-refractivity contribution >= 4 is 35.0 Å². The summed E-state index contributed by atoms with van der Waals surface area (Å²) in [4.78, 5) is 23.3. The molecule has 2 N–H and O–H groups in total. The number of thioether (sulfide) groups is 1. The zero-order chi connectivity index (χ0) is 17.6. The van der Waals surface area contributed by atoms with Crippen LogP contribution in [0.4, 0.5) is 11.4 Å². The predicted octanol–water partition coefficient (Wildman–Crippen LogP) is 2.48. The number of rotatable bonds is 6. The summed E-state index contributed by atoms with van der Waals surface area (Å²) in [6.07, 6.45) is 4.56. The number of benzene rings is 1. The van der Waals surface area contributed by atoms with E-state index in [1.807, 2.05) is 4.68 Å². The van der Waals surface area contributed by atoms with Crippen LogP contribution in [-0.4, -0.2) is 37.8 Å². The molecule has 1 fully saturated rings. The number of hydrogen-bond donors (Lipinski definition) is 2. The van der Waals surface area contributed by atoms with E-state index in [4.69, 9.17) is 0 Å². The molecule has 0 unspecified atom stereocenters. The van der Waals surface area contributed by atoms with Gasteiger partial charge in [0, 0.05) is 18.3 Å². The SMILES string of the molecule is CC(=O)Nc1cccc(NC(=O)CSc2nnnn2C2CCCC2)c1. The van der Waals surface area contributed by atoms with Crippen LogP contribution in [0.2, 0.25) is 0 Å². The summed E-state index contributed by atoms with van der Waals surface area (Å²) in [7, 11) is 0. The van der Waals surface area contributed by atoms with Gasteiger partial charge in [-0.25, -0.2) is 4.68 Å². The Hall–Kier alpha value is -2.42. The van der Waals surface area contributed by atoms with Crippen molar-refractivity contribution in [3.05, 3.63) is 24.3 Å². The monoisotopic (exact) mass is 360 g/mol. The molecular formula is C16H20N6O2S. The quantitative estimate of drug-likeness (QED) is 0.767. The average molecular weight is 360 g/mol. The first kappa shape index (κ1) is 17.4. The Morgan fingerprint density at radius 1 is 1.24 bits per heavy atom. The van der Waals surface area contributed by atoms with Crippen LogP contribution < -0.4 is 10.6 Å². The van der Waals surface area contributed by atoms with Gasteiger partial charge in [0.25, 0.3) is 0 Å². The fraction of sp³-hybridized carbons (Fsp3) is 0.438. The van der Waals surface area contributed by atoms with E-state index >= 15 is 0 Å². The molecule has 0 aliphatic heterocycles. The third-order valence-corrected chi connectivity index (χ3v) is 4.87. The molecule has 0 atom stereocenters. The Labute approximate surface area is 149 Å². The summed E-state index contributed by atoms with van der Waals surface area (Å²) in [5, 5.41) is 18.0. The van der Waals surface area contributed by atoms with Gasteiger partial charge in [-0.3, -0.25) is 9.59 Å². The molecule has 9 heteroatoms. The molecule has 2 aromatic rings. The highest BCUT2D eigenvalue weighted by atomic mass is 32.2. The van der Waals surface area contributed by atoms with E-state index in [0.717, 1.165) is 12.8 Å². The van der Waals surface area contributed by atoms with Gasteiger partial charge in [-0.15, -0.1) is 5.10 Å². The Morgan fingerprint density at radius 2 is 1.96 bits per heavy atom. The van der Waals surface area contributed by atoms with E-state index in [1.54, 1.807) is 24.3 Å².